The Kier molecular flexibility index (Phi) is 5.54. The van der Waals surface area contributed by atoms with Crippen molar-refractivity contribution in [3.63, 3.8) is 0 Å². The van der Waals surface area contributed by atoms with E-state index >= 15 is 0 Å². The topological polar surface area (TPSA) is 55.8 Å². The summed E-state index contributed by atoms with van der Waals surface area (Å²) in [5, 5.41) is 13.8. The fraction of sp³-hybridized carbons (Fsp3) is 0.632. The molecule has 5 heteroatoms. The van der Waals surface area contributed by atoms with Crippen molar-refractivity contribution in [2.45, 2.75) is 44.8 Å². The molecule has 2 aliphatic heterocycles. The standard InChI is InChI=1S/C19H29N3O2/c1-16(23)20-18-7-5-17(6-8-18)13-22-12-4-9-19(24,15-22)14-21-10-2-3-11-21/h5-8,24H,2-4,9-15H2,1H3,(H,20,23)/t19-/m1/s1. The van der Waals surface area contributed by atoms with E-state index in [0.717, 1.165) is 57.8 Å². The van der Waals surface area contributed by atoms with E-state index in [1.54, 1.807) is 0 Å². The number of rotatable bonds is 5. The molecule has 132 valence electrons. The first-order valence-corrected chi connectivity index (χ1v) is 9.06. The Morgan fingerprint density at radius 1 is 1.12 bits per heavy atom. The summed E-state index contributed by atoms with van der Waals surface area (Å²) in [5.74, 6) is -0.0502. The molecule has 1 aromatic rings. The van der Waals surface area contributed by atoms with Gasteiger partial charge in [-0.05, 0) is 63.0 Å². The summed E-state index contributed by atoms with van der Waals surface area (Å²) in [6, 6.07) is 7.99. The van der Waals surface area contributed by atoms with Crippen molar-refractivity contribution >= 4 is 11.6 Å². The van der Waals surface area contributed by atoms with Gasteiger partial charge in [-0.15, -0.1) is 0 Å². The second-order valence-electron chi connectivity index (χ2n) is 7.40. The summed E-state index contributed by atoms with van der Waals surface area (Å²) < 4.78 is 0. The van der Waals surface area contributed by atoms with Crippen LogP contribution in [0, 0.1) is 0 Å². The van der Waals surface area contributed by atoms with Crippen LogP contribution in [-0.2, 0) is 11.3 Å². The van der Waals surface area contributed by atoms with Crippen molar-refractivity contribution in [1.82, 2.24) is 9.80 Å². The highest BCUT2D eigenvalue weighted by atomic mass is 16.3. The Morgan fingerprint density at radius 2 is 1.79 bits per heavy atom. The molecular formula is C19H29N3O2. The number of nitrogens with zero attached hydrogens (tertiary/aromatic N) is 2. The molecule has 0 radical (unpaired) electrons. The van der Waals surface area contributed by atoms with Gasteiger partial charge in [0.25, 0.3) is 0 Å². The molecule has 0 saturated carbocycles. The number of piperidine rings is 1. The number of aliphatic hydroxyl groups is 1. The minimum absolute atomic E-state index is 0.0502. The summed E-state index contributed by atoms with van der Waals surface area (Å²) in [6.07, 6.45) is 4.48. The molecule has 0 bridgehead atoms. The molecule has 0 aliphatic carbocycles. The molecule has 2 N–H and O–H groups in total. The predicted octanol–water partition coefficient (Wildman–Crippen LogP) is 2.07. The minimum atomic E-state index is -0.571. The van der Waals surface area contributed by atoms with Crippen LogP contribution in [0.5, 0.6) is 0 Å². The minimum Gasteiger partial charge on any atom is -0.387 e. The van der Waals surface area contributed by atoms with Crippen LogP contribution in [0.4, 0.5) is 5.69 Å². The number of anilines is 1. The van der Waals surface area contributed by atoms with Crippen LogP contribution >= 0.6 is 0 Å². The Labute approximate surface area is 144 Å². The van der Waals surface area contributed by atoms with Crippen molar-refractivity contribution in [3.8, 4) is 0 Å². The largest absolute Gasteiger partial charge is 0.387 e. The lowest BCUT2D eigenvalue weighted by Crippen LogP contribution is -2.53. The average Bonchev–Trinajstić information content (AvgIpc) is 3.01. The van der Waals surface area contributed by atoms with Crippen molar-refractivity contribution in [3.05, 3.63) is 29.8 Å². The lowest BCUT2D eigenvalue weighted by atomic mass is 9.92. The number of nitrogens with one attached hydrogen (secondary N) is 1. The summed E-state index contributed by atoms with van der Waals surface area (Å²) in [4.78, 5) is 15.8. The number of amides is 1. The van der Waals surface area contributed by atoms with Crippen LogP contribution in [-0.4, -0.2) is 59.1 Å². The van der Waals surface area contributed by atoms with Gasteiger partial charge in [-0.25, -0.2) is 0 Å². The molecule has 5 nitrogen and oxygen atoms in total. The van der Waals surface area contributed by atoms with Gasteiger partial charge < -0.3 is 15.3 Å². The van der Waals surface area contributed by atoms with Crippen molar-refractivity contribution < 1.29 is 9.90 Å². The van der Waals surface area contributed by atoms with E-state index in [2.05, 4.69) is 27.2 Å². The third kappa shape index (κ3) is 4.79. The summed E-state index contributed by atoms with van der Waals surface area (Å²) >= 11 is 0. The third-order valence-electron chi connectivity index (χ3n) is 5.03. The highest BCUT2D eigenvalue weighted by molar-refractivity contribution is 5.88. The van der Waals surface area contributed by atoms with E-state index in [0.29, 0.717) is 0 Å². The number of hydrogen-bond donors (Lipinski definition) is 2. The Hall–Kier alpha value is -1.43. The van der Waals surface area contributed by atoms with Gasteiger partial charge in [-0.3, -0.25) is 9.69 Å². The normalized spacial score (nSPS) is 25.8. The van der Waals surface area contributed by atoms with Gasteiger partial charge in [-0.2, -0.15) is 0 Å². The molecule has 0 aromatic heterocycles. The molecule has 24 heavy (non-hydrogen) atoms. The molecule has 1 atom stereocenters. The van der Waals surface area contributed by atoms with Crippen LogP contribution in [0.15, 0.2) is 24.3 Å². The van der Waals surface area contributed by atoms with E-state index in [1.165, 1.54) is 25.3 Å². The molecule has 2 fully saturated rings. The van der Waals surface area contributed by atoms with Crippen molar-refractivity contribution in [2.75, 3.05) is 38.0 Å². The van der Waals surface area contributed by atoms with Crippen molar-refractivity contribution in [2.24, 2.45) is 0 Å². The lowest BCUT2D eigenvalue weighted by molar-refractivity contribution is -0.114. The molecular weight excluding hydrogens is 302 g/mol. The quantitative estimate of drug-likeness (QED) is 0.867. The SMILES string of the molecule is CC(=O)Nc1ccc(CN2CCC[C@@](O)(CN3CCCC3)C2)cc1. The Bertz CT molecular complexity index is 554. The first-order chi connectivity index (χ1) is 11.5. The van der Waals surface area contributed by atoms with E-state index in [4.69, 9.17) is 0 Å². The van der Waals surface area contributed by atoms with Crippen LogP contribution in [0.1, 0.15) is 38.2 Å². The summed E-state index contributed by atoms with van der Waals surface area (Å²) in [7, 11) is 0. The maximum atomic E-state index is 11.1. The molecule has 2 heterocycles. The van der Waals surface area contributed by atoms with Gasteiger partial charge in [0.05, 0.1) is 5.60 Å². The van der Waals surface area contributed by atoms with E-state index in [-0.39, 0.29) is 5.91 Å². The smallest absolute Gasteiger partial charge is 0.221 e. The van der Waals surface area contributed by atoms with Gasteiger partial charge in [0.15, 0.2) is 0 Å². The number of hydrogen-bond acceptors (Lipinski definition) is 4. The Balaban J connectivity index is 1.55. The highest BCUT2D eigenvalue weighted by Crippen LogP contribution is 2.25. The molecule has 0 spiro atoms. The van der Waals surface area contributed by atoms with Crippen molar-refractivity contribution in [1.29, 1.82) is 0 Å². The summed E-state index contributed by atoms with van der Waals surface area (Å²) in [5.41, 5.74) is 1.48. The third-order valence-corrected chi connectivity index (χ3v) is 5.03. The van der Waals surface area contributed by atoms with Gasteiger partial charge in [0.1, 0.15) is 0 Å². The van der Waals surface area contributed by atoms with Crippen LogP contribution in [0.25, 0.3) is 0 Å². The maximum Gasteiger partial charge on any atom is 0.221 e. The molecule has 0 unspecified atom stereocenters. The molecule has 3 rings (SSSR count). The zero-order chi connectivity index (χ0) is 17.0. The van der Waals surface area contributed by atoms with Gasteiger partial charge >= 0.3 is 0 Å². The second kappa shape index (κ2) is 7.64. The van der Waals surface area contributed by atoms with Crippen LogP contribution < -0.4 is 5.32 Å². The number of carbonyl (C=O) groups is 1. The summed E-state index contributed by atoms with van der Waals surface area (Å²) in [6.45, 7) is 7.23. The second-order valence-corrected chi connectivity index (χ2v) is 7.40. The lowest BCUT2D eigenvalue weighted by Gasteiger charge is -2.41. The first kappa shape index (κ1) is 17.4. The van der Waals surface area contributed by atoms with Crippen LogP contribution in [0.3, 0.4) is 0 Å². The van der Waals surface area contributed by atoms with E-state index in [1.807, 2.05) is 12.1 Å². The number of carbonyl (C=O) groups excluding carboxylic acids is 1. The zero-order valence-corrected chi connectivity index (χ0v) is 14.6. The van der Waals surface area contributed by atoms with E-state index < -0.39 is 5.60 Å². The maximum absolute atomic E-state index is 11.1. The molecule has 2 aliphatic rings. The predicted molar refractivity (Wildman–Crippen MR) is 95.9 cm³/mol. The number of β-amino-alcohol motifs (C(OH)–C–C–N with tert-alkyl or cyclic N) is 1. The fourth-order valence-electron chi connectivity index (χ4n) is 3.98. The van der Waals surface area contributed by atoms with Gasteiger partial charge in [0, 0.05) is 32.2 Å². The molecule has 1 amide bonds. The zero-order valence-electron chi connectivity index (χ0n) is 14.6. The monoisotopic (exact) mass is 331 g/mol. The fourth-order valence-corrected chi connectivity index (χ4v) is 3.98. The van der Waals surface area contributed by atoms with Crippen LogP contribution in [0.2, 0.25) is 0 Å². The van der Waals surface area contributed by atoms with Gasteiger partial charge in [-0.1, -0.05) is 12.1 Å². The average molecular weight is 331 g/mol. The molecule has 1 aromatic carbocycles. The van der Waals surface area contributed by atoms with E-state index in [9.17, 15) is 9.90 Å². The Morgan fingerprint density at radius 3 is 2.46 bits per heavy atom. The molecule has 2 saturated heterocycles. The van der Waals surface area contributed by atoms with Gasteiger partial charge in [0.2, 0.25) is 5.91 Å². The number of likely N-dealkylation sites (tertiary alicyclic amines) is 2. The highest BCUT2D eigenvalue weighted by Gasteiger charge is 2.35. The number of benzene rings is 1. The first-order valence-electron chi connectivity index (χ1n) is 9.06.